The van der Waals surface area contributed by atoms with Gasteiger partial charge in [-0.1, -0.05) is 6.07 Å². The summed E-state index contributed by atoms with van der Waals surface area (Å²) in [5, 5.41) is 2.90. The minimum Gasteiger partial charge on any atom is -0.463 e. The zero-order valence-corrected chi connectivity index (χ0v) is 12.8. The number of furan rings is 1. The van der Waals surface area contributed by atoms with Crippen LogP contribution in [-0.2, 0) is 11.3 Å². The van der Waals surface area contributed by atoms with Gasteiger partial charge in [-0.25, -0.2) is 0 Å². The van der Waals surface area contributed by atoms with Gasteiger partial charge in [0.1, 0.15) is 6.54 Å². The lowest BCUT2D eigenvalue weighted by molar-refractivity contribution is -0.886. The summed E-state index contributed by atoms with van der Waals surface area (Å²) in [7, 11) is 1.97. The lowest BCUT2D eigenvalue weighted by atomic mass is 10.3. The molecule has 0 radical (unpaired) electrons. The highest BCUT2D eigenvalue weighted by molar-refractivity contribution is 14.1. The van der Waals surface area contributed by atoms with Gasteiger partial charge in [0.05, 0.1) is 13.3 Å². The van der Waals surface area contributed by atoms with E-state index in [-0.39, 0.29) is 5.91 Å². The molecular formula is C14H16IN2O2+. The molecule has 1 aromatic carbocycles. The van der Waals surface area contributed by atoms with Gasteiger partial charge in [-0.05, 0) is 52.9 Å². The highest BCUT2D eigenvalue weighted by Crippen LogP contribution is 2.11. The monoisotopic (exact) mass is 371 g/mol. The van der Waals surface area contributed by atoms with Crippen molar-refractivity contribution < 1.29 is 14.1 Å². The van der Waals surface area contributed by atoms with Gasteiger partial charge in [-0.2, -0.15) is 0 Å². The largest absolute Gasteiger partial charge is 0.463 e. The normalized spacial score (nSPS) is 12.1. The highest BCUT2D eigenvalue weighted by Gasteiger charge is 2.12. The smallest absolute Gasteiger partial charge is 0.279 e. The van der Waals surface area contributed by atoms with Gasteiger partial charge in [0.25, 0.3) is 5.91 Å². The van der Waals surface area contributed by atoms with E-state index in [9.17, 15) is 4.79 Å². The molecular weight excluding hydrogens is 355 g/mol. The molecule has 19 heavy (non-hydrogen) atoms. The van der Waals surface area contributed by atoms with Crippen LogP contribution in [0.4, 0.5) is 5.69 Å². The topological polar surface area (TPSA) is 46.7 Å². The van der Waals surface area contributed by atoms with E-state index in [2.05, 4.69) is 27.9 Å². The molecule has 0 fully saturated rings. The number of hydrogen-bond acceptors (Lipinski definition) is 2. The Labute approximate surface area is 125 Å². The van der Waals surface area contributed by atoms with Crippen LogP contribution in [-0.4, -0.2) is 19.5 Å². The summed E-state index contributed by atoms with van der Waals surface area (Å²) >= 11 is 2.22. The molecule has 0 spiro atoms. The number of anilines is 1. The Morgan fingerprint density at radius 1 is 1.37 bits per heavy atom. The number of quaternary nitrogens is 1. The lowest BCUT2D eigenvalue weighted by Crippen LogP contribution is -3.08. The van der Waals surface area contributed by atoms with Crippen LogP contribution in [0.15, 0.2) is 47.1 Å². The summed E-state index contributed by atoms with van der Waals surface area (Å²) in [6.07, 6.45) is 1.65. The Hall–Kier alpha value is -1.34. The van der Waals surface area contributed by atoms with Crippen molar-refractivity contribution >= 4 is 34.2 Å². The second-order valence-corrected chi connectivity index (χ2v) is 5.69. The molecule has 1 amide bonds. The number of nitrogens with one attached hydrogen (secondary N) is 2. The Morgan fingerprint density at radius 2 is 2.21 bits per heavy atom. The summed E-state index contributed by atoms with van der Waals surface area (Å²) in [6, 6.07) is 11.5. The zero-order valence-electron chi connectivity index (χ0n) is 10.7. The Kier molecular flexibility index (Phi) is 4.98. The number of rotatable bonds is 5. The molecule has 1 unspecified atom stereocenters. The number of benzene rings is 1. The number of amides is 1. The van der Waals surface area contributed by atoms with Gasteiger partial charge in [0.2, 0.25) is 0 Å². The minimum absolute atomic E-state index is 0.00561. The van der Waals surface area contributed by atoms with Crippen molar-refractivity contribution in [2.24, 2.45) is 0 Å². The standard InChI is InChI=1S/C14H15IN2O2/c1-17(9-13-6-3-7-19-13)10-14(18)16-12-5-2-4-11(15)8-12/h2-8H,9-10H2,1H3,(H,16,18)/p+1. The quantitative estimate of drug-likeness (QED) is 0.784. The SMILES string of the molecule is C[NH+](CC(=O)Nc1cccc(I)c1)Cc1ccco1. The molecule has 2 aromatic rings. The predicted octanol–water partition coefficient (Wildman–Crippen LogP) is 1.54. The summed E-state index contributed by atoms with van der Waals surface area (Å²) in [5.74, 6) is 0.894. The van der Waals surface area contributed by atoms with Crippen LogP contribution in [0.2, 0.25) is 0 Å². The Morgan fingerprint density at radius 3 is 2.89 bits per heavy atom. The zero-order chi connectivity index (χ0) is 13.7. The molecule has 0 aliphatic carbocycles. The first kappa shape index (κ1) is 14.1. The van der Waals surface area contributed by atoms with Crippen LogP contribution in [0.25, 0.3) is 0 Å². The van der Waals surface area contributed by atoms with Gasteiger partial charge in [0.15, 0.2) is 12.3 Å². The lowest BCUT2D eigenvalue weighted by Gasteiger charge is -2.12. The Bertz CT molecular complexity index is 540. The number of carbonyl (C=O) groups is 1. The van der Waals surface area contributed by atoms with Crippen LogP contribution >= 0.6 is 22.6 Å². The maximum Gasteiger partial charge on any atom is 0.279 e. The van der Waals surface area contributed by atoms with Crippen LogP contribution in [0, 0.1) is 3.57 Å². The van der Waals surface area contributed by atoms with Gasteiger partial charge in [-0.15, -0.1) is 0 Å². The molecule has 0 bridgehead atoms. The van der Waals surface area contributed by atoms with Crippen molar-refractivity contribution in [1.82, 2.24) is 0 Å². The average Bonchev–Trinajstić information content (AvgIpc) is 2.81. The fraction of sp³-hybridized carbons (Fsp3) is 0.214. The molecule has 0 saturated heterocycles. The van der Waals surface area contributed by atoms with E-state index in [1.165, 1.54) is 0 Å². The van der Waals surface area contributed by atoms with E-state index >= 15 is 0 Å². The molecule has 5 heteroatoms. The van der Waals surface area contributed by atoms with Gasteiger partial charge in [-0.3, -0.25) is 4.79 Å². The second-order valence-electron chi connectivity index (χ2n) is 4.45. The van der Waals surface area contributed by atoms with E-state index in [1.807, 2.05) is 43.4 Å². The summed E-state index contributed by atoms with van der Waals surface area (Å²) in [5.41, 5.74) is 0.836. The molecule has 2 rings (SSSR count). The molecule has 0 aliphatic heterocycles. The van der Waals surface area contributed by atoms with E-state index < -0.39 is 0 Å². The third-order valence-corrected chi connectivity index (χ3v) is 3.30. The molecule has 0 saturated carbocycles. The maximum absolute atomic E-state index is 11.9. The predicted molar refractivity (Wildman–Crippen MR) is 82.0 cm³/mol. The van der Waals surface area contributed by atoms with E-state index in [4.69, 9.17) is 4.42 Å². The third-order valence-electron chi connectivity index (χ3n) is 2.63. The number of carbonyl (C=O) groups excluding carboxylic acids is 1. The van der Waals surface area contributed by atoms with Crippen molar-refractivity contribution in [3.63, 3.8) is 0 Å². The van der Waals surface area contributed by atoms with Crippen molar-refractivity contribution in [2.45, 2.75) is 6.54 Å². The number of likely N-dealkylation sites (N-methyl/N-ethyl adjacent to an activating group) is 1. The fourth-order valence-corrected chi connectivity index (χ4v) is 2.36. The maximum atomic E-state index is 11.9. The minimum atomic E-state index is 0.00561. The molecule has 100 valence electrons. The second kappa shape index (κ2) is 6.72. The Balaban J connectivity index is 1.84. The van der Waals surface area contributed by atoms with Gasteiger partial charge >= 0.3 is 0 Å². The summed E-state index contributed by atoms with van der Waals surface area (Å²) in [4.78, 5) is 13.0. The molecule has 0 aliphatic rings. The van der Waals surface area contributed by atoms with E-state index in [0.29, 0.717) is 13.1 Å². The number of halogens is 1. The first-order chi connectivity index (χ1) is 9.13. The van der Waals surface area contributed by atoms with Gasteiger partial charge in [0, 0.05) is 9.26 Å². The highest BCUT2D eigenvalue weighted by atomic mass is 127. The summed E-state index contributed by atoms with van der Waals surface area (Å²) < 4.78 is 6.37. The van der Waals surface area contributed by atoms with Crippen molar-refractivity contribution in [3.05, 3.63) is 52.0 Å². The first-order valence-electron chi connectivity index (χ1n) is 6.02. The van der Waals surface area contributed by atoms with Crippen LogP contribution in [0.3, 0.4) is 0 Å². The molecule has 1 atom stereocenters. The average molecular weight is 371 g/mol. The van der Waals surface area contributed by atoms with Crippen molar-refractivity contribution in [3.8, 4) is 0 Å². The number of hydrogen-bond donors (Lipinski definition) is 2. The van der Waals surface area contributed by atoms with Crippen molar-refractivity contribution in [2.75, 3.05) is 18.9 Å². The van der Waals surface area contributed by atoms with Crippen molar-refractivity contribution in [1.29, 1.82) is 0 Å². The van der Waals surface area contributed by atoms with E-state index in [0.717, 1.165) is 19.9 Å². The van der Waals surface area contributed by atoms with Crippen LogP contribution in [0.5, 0.6) is 0 Å². The van der Waals surface area contributed by atoms with Crippen LogP contribution in [0.1, 0.15) is 5.76 Å². The molecule has 2 N–H and O–H groups in total. The van der Waals surface area contributed by atoms with Crippen LogP contribution < -0.4 is 10.2 Å². The van der Waals surface area contributed by atoms with Gasteiger partial charge < -0.3 is 14.6 Å². The third kappa shape index (κ3) is 4.68. The fourth-order valence-electron chi connectivity index (χ4n) is 1.82. The molecule has 1 aromatic heterocycles. The molecule has 1 heterocycles. The van der Waals surface area contributed by atoms with E-state index in [1.54, 1.807) is 6.26 Å². The molecule has 4 nitrogen and oxygen atoms in total. The first-order valence-corrected chi connectivity index (χ1v) is 7.10. The summed E-state index contributed by atoms with van der Waals surface area (Å²) in [6.45, 7) is 1.11.